The number of benzene rings is 2. The Morgan fingerprint density at radius 3 is 2.55 bits per heavy atom. The Morgan fingerprint density at radius 1 is 1.18 bits per heavy atom. The molecule has 0 radical (unpaired) electrons. The van der Waals surface area contributed by atoms with Crippen molar-refractivity contribution in [1.29, 1.82) is 0 Å². The first kappa shape index (κ1) is 14.6. The van der Waals surface area contributed by atoms with Crippen LogP contribution >= 0.6 is 0 Å². The van der Waals surface area contributed by atoms with Gasteiger partial charge in [0, 0.05) is 29.5 Å². The summed E-state index contributed by atoms with van der Waals surface area (Å²) >= 11 is 0. The van der Waals surface area contributed by atoms with Crippen LogP contribution in [0.4, 0.5) is 11.4 Å². The van der Waals surface area contributed by atoms with Gasteiger partial charge in [0.05, 0.1) is 26.3 Å². The SMILES string of the molecule is C[C@@H]1CC(c2ccc([N+](=O)[O-])cc2)=Nc2ccccc2[S@]1=O. The Bertz CT molecular complexity index is 784. The van der Waals surface area contributed by atoms with E-state index in [1.807, 2.05) is 31.2 Å². The third kappa shape index (κ3) is 2.69. The van der Waals surface area contributed by atoms with Crippen LogP contribution < -0.4 is 0 Å². The number of nitro groups is 1. The number of rotatable bonds is 2. The van der Waals surface area contributed by atoms with Crippen LogP contribution in [0, 0.1) is 10.1 Å². The summed E-state index contributed by atoms with van der Waals surface area (Å²) in [7, 11) is -1.11. The highest BCUT2D eigenvalue weighted by molar-refractivity contribution is 7.85. The number of hydrogen-bond acceptors (Lipinski definition) is 4. The van der Waals surface area contributed by atoms with Crippen molar-refractivity contribution in [3.8, 4) is 0 Å². The standard InChI is InChI=1S/C16H14N2O3S/c1-11-10-15(12-6-8-13(9-7-12)18(19)20)17-14-4-2-3-5-16(14)22(11)21/h2-9,11H,10H2,1H3/t11-,22+/m1/s1. The molecule has 0 amide bonds. The van der Waals surface area contributed by atoms with Crippen LogP contribution in [0.25, 0.3) is 0 Å². The van der Waals surface area contributed by atoms with Crippen molar-refractivity contribution in [3.63, 3.8) is 0 Å². The Hall–Kier alpha value is -2.34. The van der Waals surface area contributed by atoms with Crippen LogP contribution in [0.15, 0.2) is 58.4 Å². The van der Waals surface area contributed by atoms with Crippen molar-refractivity contribution in [3.05, 3.63) is 64.2 Å². The van der Waals surface area contributed by atoms with Crippen molar-refractivity contribution in [2.45, 2.75) is 23.5 Å². The molecule has 1 heterocycles. The van der Waals surface area contributed by atoms with E-state index in [-0.39, 0.29) is 10.9 Å². The zero-order valence-corrected chi connectivity index (χ0v) is 12.7. The smallest absolute Gasteiger partial charge is 0.258 e. The second-order valence-corrected chi connectivity index (χ2v) is 6.98. The third-order valence-corrected chi connectivity index (χ3v) is 5.27. The molecular weight excluding hydrogens is 300 g/mol. The molecule has 2 atom stereocenters. The Morgan fingerprint density at radius 2 is 1.86 bits per heavy atom. The van der Waals surface area contributed by atoms with Crippen molar-refractivity contribution in [2.75, 3.05) is 0 Å². The van der Waals surface area contributed by atoms with E-state index in [0.717, 1.165) is 16.2 Å². The van der Waals surface area contributed by atoms with Crippen molar-refractivity contribution >= 4 is 27.9 Å². The number of fused-ring (bicyclic) bond motifs is 1. The van der Waals surface area contributed by atoms with E-state index < -0.39 is 15.7 Å². The van der Waals surface area contributed by atoms with Crippen molar-refractivity contribution in [2.24, 2.45) is 4.99 Å². The lowest BCUT2D eigenvalue weighted by Crippen LogP contribution is -2.14. The summed E-state index contributed by atoms with van der Waals surface area (Å²) in [6.45, 7) is 1.93. The molecule has 0 N–H and O–H groups in total. The minimum atomic E-state index is -1.11. The summed E-state index contributed by atoms with van der Waals surface area (Å²) in [5.74, 6) is 0. The van der Waals surface area contributed by atoms with Crippen LogP contribution in [-0.4, -0.2) is 20.1 Å². The van der Waals surface area contributed by atoms with Crippen molar-refractivity contribution < 1.29 is 9.13 Å². The molecule has 0 saturated heterocycles. The average Bonchev–Trinajstić information content (AvgIpc) is 2.65. The minimum Gasteiger partial charge on any atom is -0.258 e. The van der Waals surface area contributed by atoms with Gasteiger partial charge in [-0.15, -0.1) is 0 Å². The molecule has 1 aliphatic heterocycles. The fourth-order valence-corrected chi connectivity index (χ4v) is 3.71. The molecule has 112 valence electrons. The summed E-state index contributed by atoms with van der Waals surface area (Å²) < 4.78 is 12.5. The molecule has 1 aliphatic rings. The molecule has 22 heavy (non-hydrogen) atoms. The lowest BCUT2D eigenvalue weighted by molar-refractivity contribution is -0.384. The van der Waals surface area contributed by atoms with Crippen LogP contribution in [-0.2, 0) is 10.8 Å². The third-order valence-electron chi connectivity index (χ3n) is 3.60. The molecule has 0 aliphatic carbocycles. The van der Waals surface area contributed by atoms with Gasteiger partial charge in [0.2, 0.25) is 0 Å². The maximum Gasteiger partial charge on any atom is 0.269 e. The maximum absolute atomic E-state index is 12.5. The monoisotopic (exact) mass is 314 g/mol. The van der Waals surface area contributed by atoms with Crippen molar-refractivity contribution in [1.82, 2.24) is 0 Å². The van der Waals surface area contributed by atoms with Crippen LogP contribution in [0.3, 0.4) is 0 Å². The number of nitrogens with zero attached hydrogens (tertiary/aromatic N) is 2. The summed E-state index contributed by atoms with van der Waals surface area (Å²) in [5, 5.41) is 10.7. The van der Waals surface area contributed by atoms with E-state index in [1.165, 1.54) is 12.1 Å². The second kappa shape index (κ2) is 5.81. The molecule has 2 aromatic rings. The lowest BCUT2D eigenvalue weighted by atomic mass is 10.1. The van der Waals surface area contributed by atoms with Gasteiger partial charge in [-0.2, -0.15) is 0 Å². The van der Waals surface area contributed by atoms with Gasteiger partial charge in [0.1, 0.15) is 0 Å². The van der Waals surface area contributed by atoms with E-state index in [1.54, 1.807) is 12.1 Å². The Kier molecular flexibility index (Phi) is 3.85. The molecule has 0 bridgehead atoms. The highest BCUT2D eigenvalue weighted by Gasteiger charge is 2.23. The highest BCUT2D eigenvalue weighted by Crippen LogP contribution is 2.31. The topological polar surface area (TPSA) is 72.6 Å². The Labute approximate surface area is 130 Å². The van der Waals surface area contributed by atoms with Gasteiger partial charge >= 0.3 is 0 Å². The summed E-state index contributed by atoms with van der Waals surface area (Å²) in [6, 6.07) is 13.7. The molecular formula is C16H14N2O3S. The largest absolute Gasteiger partial charge is 0.269 e. The fraction of sp³-hybridized carbons (Fsp3) is 0.188. The van der Waals surface area contributed by atoms with Crippen LogP contribution in [0.2, 0.25) is 0 Å². The van der Waals surface area contributed by atoms with Crippen LogP contribution in [0.5, 0.6) is 0 Å². The molecule has 0 spiro atoms. The normalized spacial score (nSPS) is 20.7. The molecule has 3 rings (SSSR count). The van der Waals surface area contributed by atoms with Gasteiger partial charge in [-0.05, 0) is 29.8 Å². The van der Waals surface area contributed by atoms with E-state index >= 15 is 0 Å². The quantitative estimate of drug-likeness (QED) is 0.628. The maximum atomic E-state index is 12.5. The number of para-hydroxylation sites is 1. The van der Waals surface area contributed by atoms with E-state index in [9.17, 15) is 14.3 Å². The predicted molar refractivity (Wildman–Crippen MR) is 86.2 cm³/mol. The number of nitro benzene ring substituents is 1. The zero-order chi connectivity index (χ0) is 15.7. The van der Waals surface area contributed by atoms with Gasteiger partial charge in [-0.25, -0.2) is 0 Å². The number of non-ortho nitro benzene ring substituents is 1. The summed E-state index contributed by atoms with van der Waals surface area (Å²) in [4.78, 5) is 15.7. The molecule has 0 saturated carbocycles. The first-order chi connectivity index (χ1) is 10.6. The first-order valence-corrected chi connectivity index (χ1v) is 8.09. The van der Waals surface area contributed by atoms with E-state index in [0.29, 0.717) is 12.1 Å². The molecule has 5 nitrogen and oxygen atoms in total. The number of aliphatic imine (C=N–C) groups is 1. The second-order valence-electron chi connectivity index (χ2n) is 5.14. The average molecular weight is 314 g/mol. The highest BCUT2D eigenvalue weighted by atomic mass is 32.2. The number of hydrogen-bond donors (Lipinski definition) is 0. The molecule has 0 unspecified atom stereocenters. The molecule has 0 fully saturated rings. The molecule has 0 aromatic heterocycles. The van der Waals surface area contributed by atoms with Gasteiger partial charge in [-0.3, -0.25) is 19.3 Å². The first-order valence-electron chi connectivity index (χ1n) is 6.88. The van der Waals surface area contributed by atoms with Gasteiger partial charge < -0.3 is 0 Å². The summed E-state index contributed by atoms with van der Waals surface area (Å²) in [6.07, 6.45) is 0.569. The molecule has 2 aromatic carbocycles. The van der Waals surface area contributed by atoms with E-state index in [4.69, 9.17) is 0 Å². The summed E-state index contributed by atoms with van der Waals surface area (Å²) in [5.41, 5.74) is 2.39. The van der Waals surface area contributed by atoms with Gasteiger partial charge in [-0.1, -0.05) is 19.1 Å². The molecule has 6 heteroatoms. The zero-order valence-electron chi connectivity index (χ0n) is 11.9. The van der Waals surface area contributed by atoms with Gasteiger partial charge in [0.15, 0.2) is 0 Å². The lowest BCUT2D eigenvalue weighted by Gasteiger charge is -2.09. The Balaban J connectivity index is 2.05. The van der Waals surface area contributed by atoms with Gasteiger partial charge in [0.25, 0.3) is 5.69 Å². The minimum absolute atomic E-state index is 0.0509. The van der Waals surface area contributed by atoms with Crippen LogP contribution in [0.1, 0.15) is 18.9 Å². The van der Waals surface area contributed by atoms with E-state index in [2.05, 4.69) is 4.99 Å². The fourth-order valence-electron chi connectivity index (χ4n) is 2.43. The predicted octanol–water partition coefficient (Wildman–Crippen LogP) is 3.62.